The van der Waals surface area contributed by atoms with Gasteiger partial charge in [0.1, 0.15) is 0 Å². The molecule has 0 aliphatic carbocycles. The molecule has 0 radical (unpaired) electrons. The maximum Gasteiger partial charge on any atom is 0.237 e. The predicted molar refractivity (Wildman–Crippen MR) is 106 cm³/mol. The van der Waals surface area contributed by atoms with E-state index in [4.69, 9.17) is 0 Å². The van der Waals surface area contributed by atoms with E-state index in [9.17, 15) is 9.59 Å². The Kier molecular flexibility index (Phi) is 6.24. The Hall–Kier alpha value is -2.66. The van der Waals surface area contributed by atoms with Gasteiger partial charge in [0.15, 0.2) is 0 Å². The van der Waals surface area contributed by atoms with Crippen LogP contribution in [0.25, 0.3) is 0 Å². The Bertz CT molecular complexity index is 819. The molecule has 0 aromatic heterocycles. The molecule has 5 heteroatoms. The summed E-state index contributed by atoms with van der Waals surface area (Å²) in [5, 5.41) is 5.83. The summed E-state index contributed by atoms with van der Waals surface area (Å²) in [6.07, 6.45) is 0.170. The number of nitrogens with one attached hydrogen (secondary N) is 2. The minimum atomic E-state index is -0.434. The molecule has 1 atom stereocenters. The van der Waals surface area contributed by atoms with Crippen LogP contribution in [0, 0.1) is 13.8 Å². The van der Waals surface area contributed by atoms with Gasteiger partial charge in [-0.3, -0.25) is 14.5 Å². The summed E-state index contributed by atoms with van der Waals surface area (Å²) in [6, 6.07) is 15.8. The number of aryl methyl sites for hydroxylation is 2. The first-order chi connectivity index (χ1) is 13.0. The smallest absolute Gasteiger partial charge is 0.237 e. The van der Waals surface area contributed by atoms with Crippen molar-refractivity contribution in [3.05, 3.63) is 70.8 Å². The molecule has 27 heavy (non-hydrogen) atoms. The fourth-order valence-electron chi connectivity index (χ4n) is 3.45. The van der Waals surface area contributed by atoms with Gasteiger partial charge >= 0.3 is 0 Å². The lowest BCUT2D eigenvalue weighted by Crippen LogP contribution is -2.56. The van der Waals surface area contributed by atoms with E-state index in [1.165, 1.54) is 11.1 Å². The van der Waals surface area contributed by atoms with Crippen LogP contribution in [-0.4, -0.2) is 35.8 Å². The largest absolute Gasteiger partial charge is 0.353 e. The third-order valence-corrected chi connectivity index (χ3v) is 5.03. The average molecular weight is 365 g/mol. The van der Waals surface area contributed by atoms with Crippen LogP contribution in [-0.2, 0) is 22.7 Å². The van der Waals surface area contributed by atoms with E-state index in [0.717, 1.165) is 17.7 Å². The summed E-state index contributed by atoms with van der Waals surface area (Å²) in [6.45, 7) is 6.62. The molecule has 1 fully saturated rings. The Labute approximate surface area is 160 Å². The number of amides is 2. The number of piperazine rings is 1. The maximum atomic E-state index is 12.5. The minimum absolute atomic E-state index is 0.0689. The molecule has 2 amide bonds. The molecule has 2 aromatic rings. The van der Waals surface area contributed by atoms with Gasteiger partial charge in [-0.25, -0.2) is 0 Å². The number of rotatable bonds is 6. The fraction of sp³-hybridized carbons (Fsp3) is 0.364. The topological polar surface area (TPSA) is 61.4 Å². The predicted octanol–water partition coefficient (Wildman–Crippen LogP) is 2.31. The Morgan fingerprint density at radius 2 is 2.00 bits per heavy atom. The summed E-state index contributed by atoms with van der Waals surface area (Å²) in [4.78, 5) is 27.0. The SMILES string of the molecule is Cc1cccc(CNC(=O)CC2C(=O)NCCN2Cc2ccccc2C)c1. The molecule has 0 spiro atoms. The molecule has 1 aliphatic rings. The number of carbonyl (C=O) groups excluding carboxylic acids is 2. The number of benzene rings is 2. The van der Waals surface area contributed by atoms with Crippen molar-refractivity contribution in [3.63, 3.8) is 0 Å². The number of hydrogen-bond acceptors (Lipinski definition) is 3. The zero-order valence-electron chi connectivity index (χ0n) is 16.0. The van der Waals surface area contributed by atoms with E-state index >= 15 is 0 Å². The van der Waals surface area contributed by atoms with E-state index < -0.39 is 6.04 Å². The average Bonchev–Trinajstić information content (AvgIpc) is 2.65. The summed E-state index contributed by atoms with van der Waals surface area (Å²) >= 11 is 0. The molecule has 5 nitrogen and oxygen atoms in total. The van der Waals surface area contributed by atoms with Gasteiger partial charge in [0.2, 0.25) is 11.8 Å². The van der Waals surface area contributed by atoms with Crippen LogP contribution in [0.15, 0.2) is 48.5 Å². The van der Waals surface area contributed by atoms with Crippen LogP contribution < -0.4 is 10.6 Å². The van der Waals surface area contributed by atoms with Crippen molar-refractivity contribution in [1.29, 1.82) is 0 Å². The normalized spacial score (nSPS) is 17.4. The highest BCUT2D eigenvalue weighted by molar-refractivity contribution is 5.88. The monoisotopic (exact) mass is 365 g/mol. The molecule has 1 aliphatic heterocycles. The van der Waals surface area contributed by atoms with E-state index in [1.54, 1.807) is 0 Å². The van der Waals surface area contributed by atoms with Crippen molar-refractivity contribution in [1.82, 2.24) is 15.5 Å². The van der Waals surface area contributed by atoms with E-state index in [0.29, 0.717) is 19.6 Å². The zero-order chi connectivity index (χ0) is 19.2. The van der Waals surface area contributed by atoms with Crippen molar-refractivity contribution in [2.24, 2.45) is 0 Å². The maximum absolute atomic E-state index is 12.5. The number of nitrogens with zero attached hydrogens (tertiary/aromatic N) is 1. The first-order valence-corrected chi connectivity index (χ1v) is 9.41. The zero-order valence-corrected chi connectivity index (χ0v) is 16.0. The fourth-order valence-corrected chi connectivity index (χ4v) is 3.45. The molecule has 3 rings (SSSR count). The highest BCUT2D eigenvalue weighted by Crippen LogP contribution is 2.16. The van der Waals surface area contributed by atoms with Crippen molar-refractivity contribution in [3.8, 4) is 0 Å². The van der Waals surface area contributed by atoms with Crippen molar-refractivity contribution >= 4 is 11.8 Å². The molecular formula is C22H27N3O2. The van der Waals surface area contributed by atoms with Crippen LogP contribution in [0.3, 0.4) is 0 Å². The van der Waals surface area contributed by atoms with E-state index in [2.05, 4.69) is 40.7 Å². The van der Waals surface area contributed by atoms with Gasteiger partial charge in [-0.1, -0.05) is 54.1 Å². The molecule has 142 valence electrons. The second kappa shape index (κ2) is 8.82. The molecular weight excluding hydrogens is 338 g/mol. The van der Waals surface area contributed by atoms with Crippen LogP contribution >= 0.6 is 0 Å². The van der Waals surface area contributed by atoms with Gasteiger partial charge in [0.05, 0.1) is 12.5 Å². The Morgan fingerprint density at radius 3 is 2.78 bits per heavy atom. The van der Waals surface area contributed by atoms with Gasteiger partial charge in [-0.2, -0.15) is 0 Å². The first-order valence-electron chi connectivity index (χ1n) is 9.41. The van der Waals surface area contributed by atoms with Crippen LogP contribution in [0.1, 0.15) is 28.7 Å². The highest BCUT2D eigenvalue weighted by atomic mass is 16.2. The molecule has 0 saturated carbocycles. The van der Waals surface area contributed by atoms with Crippen molar-refractivity contribution in [2.45, 2.75) is 39.4 Å². The standard InChI is InChI=1S/C22H27N3O2/c1-16-6-5-8-18(12-16)14-24-21(26)13-20-22(27)23-10-11-25(20)15-19-9-4-3-7-17(19)2/h3-9,12,20H,10-11,13-15H2,1-2H3,(H,23,27)(H,24,26). The molecule has 1 unspecified atom stereocenters. The molecule has 1 heterocycles. The minimum Gasteiger partial charge on any atom is -0.353 e. The van der Waals surface area contributed by atoms with E-state index in [1.807, 2.05) is 37.3 Å². The lowest BCUT2D eigenvalue weighted by atomic mass is 10.0. The summed E-state index contributed by atoms with van der Waals surface area (Å²) < 4.78 is 0. The van der Waals surface area contributed by atoms with Crippen LogP contribution in [0.2, 0.25) is 0 Å². The highest BCUT2D eigenvalue weighted by Gasteiger charge is 2.31. The lowest BCUT2D eigenvalue weighted by molar-refractivity contribution is -0.134. The quantitative estimate of drug-likeness (QED) is 0.826. The lowest BCUT2D eigenvalue weighted by Gasteiger charge is -2.35. The van der Waals surface area contributed by atoms with Gasteiger partial charge in [0, 0.05) is 26.2 Å². The third kappa shape index (κ3) is 5.17. The van der Waals surface area contributed by atoms with Gasteiger partial charge in [-0.15, -0.1) is 0 Å². The van der Waals surface area contributed by atoms with Gasteiger partial charge < -0.3 is 10.6 Å². The Morgan fingerprint density at radius 1 is 1.19 bits per heavy atom. The second-order valence-corrected chi connectivity index (χ2v) is 7.17. The molecule has 2 aromatic carbocycles. The van der Waals surface area contributed by atoms with Gasteiger partial charge in [-0.05, 0) is 30.5 Å². The van der Waals surface area contributed by atoms with Crippen LogP contribution in [0.4, 0.5) is 0 Å². The van der Waals surface area contributed by atoms with Gasteiger partial charge in [0.25, 0.3) is 0 Å². The second-order valence-electron chi connectivity index (χ2n) is 7.17. The summed E-state index contributed by atoms with van der Waals surface area (Å²) in [5.41, 5.74) is 4.62. The molecule has 0 bridgehead atoms. The first kappa shape index (κ1) is 19.1. The molecule has 2 N–H and O–H groups in total. The third-order valence-electron chi connectivity index (χ3n) is 5.03. The van der Waals surface area contributed by atoms with Crippen LogP contribution in [0.5, 0.6) is 0 Å². The number of hydrogen-bond donors (Lipinski definition) is 2. The summed E-state index contributed by atoms with van der Waals surface area (Å²) in [7, 11) is 0. The number of carbonyl (C=O) groups is 2. The van der Waals surface area contributed by atoms with E-state index in [-0.39, 0.29) is 18.2 Å². The summed E-state index contributed by atoms with van der Waals surface area (Å²) in [5.74, 6) is -0.172. The van der Waals surface area contributed by atoms with Crippen molar-refractivity contribution < 1.29 is 9.59 Å². The molecule has 1 saturated heterocycles. The van der Waals surface area contributed by atoms with Crippen molar-refractivity contribution in [2.75, 3.05) is 13.1 Å². The Balaban J connectivity index is 1.62.